The lowest BCUT2D eigenvalue weighted by Gasteiger charge is -2.36. The quantitative estimate of drug-likeness (QED) is 0.909. The molecule has 0 aliphatic carbocycles. The number of piperazine rings is 1. The zero-order valence-electron chi connectivity index (χ0n) is 13.2. The van der Waals surface area contributed by atoms with E-state index in [2.05, 4.69) is 5.32 Å². The second-order valence-corrected chi connectivity index (χ2v) is 6.49. The topological polar surface area (TPSA) is 52.7 Å². The van der Waals surface area contributed by atoms with Gasteiger partial charge in [-0.25, -0.2) is 4.79 Å². The molecule has 0 spiro atoms. The fourth-order valence-corrected chi connectivity index (χ4v) is 2.64. The summed E-state index contributed by atoms with van der Waals surface area (Å²) in [5, 5.41) is 3.72. The predicted octanol–water partition coefficient (Wildman–Crippen LogP) is 2.45. The van der Waals surface area contributed by atoms with Crippen molar-refractivity contribution in [2.75, 3.05) is 26.2 Å². The van der Waals surface area contributed by atoms with Gasteiger partial charge in [-0.15, -0.1) is 0 Å². The van der Waals surface area contributed by atoms with Crippen LogP contribution in [0, 0.1) is 0 Å². The molecule has 1 aromatic rings. The standard InChI is InChI=1S/C16H22ClN3O2/c1-12(21)19-8-10-20(11-9-19)15(22)18-16(2,3)13-4-6-14(17)7-5-13/h4-7H,8-11H2,1-3H3,(H,18,22). The van der Waals surface area contributed by atoms with E-state index < -0.39 is 5.54 Å². The van der Waals surface area contributed by atoms with Crippen molar-refractivity contribution in [2.45, 2.75) is 26.3 Å². The third-order valence-corrected chi connectivity index (χ3v) is 4.25. The predicted molar refractivity (Wildman–Crippen MR) is 86.8 cm³/mol. The molecule has 6 heteroatoms. The molecule has 0 bridgehead atoms. The molecule has 0 aromatic heterocycles. The highest BCUT2D eigenvalue weighted by Crippen LogP contribution is 2.22. The molecule has 2 rings (SSSR count). The van der Waals surface area contributed by atoms with E-state index in [0.29, 0.717) is 31.2 Å². The Labute approximate surface area is 136 Å². The average molecular weight is 324 g/mol. The van der Waals surface area contributed by atoms with E-state index in [1.165, 1.54) is 0 Å². The van der Waals surface area contributed by atoms with Crippen LogP contribution in [0.3, 0.4) is 0 Å². The summed E-state index contributed by atoms with van der Waals surface area (Å²) in [6.07, 6.45) is 0. The van der Waals surface area contributed by atoms with Crippen LogP contribution in [0.15, 0.2) is 24.3 Å². The third kappa shape index (κ3) is 3.91. The minimum Gasteiger partial charge on any atom is -0.339 e. The van der Waals surface area contributed by atoms with Crippen molar-refractivity contribution in [2.24, 2.45) is 0 Å². The molecule has 0 radical (unpaired) electrons. The molecule has 1 fully saturated rings. The molecule has 0 atom stereocenters. The zero-order valence-corrected chi connectivity index (χ0v) is 14.0. The van der Waals surface area contributed by atoms with E-state index in [9.17, 15) is 9.59 Å². The van der Waals surface area contributed by atoms with E-state index in [4.69, 9.17) is 11.6 Å². The highest BCUT2D eigenvalue weighted by Gasteiger charge is 2.28. The lowest BCUT2D eigenvalue weighted by atomic mass is 9.94. The van der Waals surface area contributed by atoms with E-state index in [1.54, 1.807) is 16.7 Å². The lowest BCUT2D eigenvalue weighted by Crippen LogP contribution is -2.55. The van der Waals surface area contributed by atoms with Gasteiger partial charge in [-0.05, 0) is 31.5 Å². The van der Waals surface area contributed by atoms with Gasteiger partial charge in [0.25, 0.3) is 0 Å². The normalized spacial score (nSPS) is 15.6. The molecule has 1 aliphatic heterocycles. The van der Waals surface area contributed by atoms with Crippen LogP contribution in [0.4, 0.5) is 4.79 Å². The highest BCUT2D eigenvalue weighted by atomic mass is 35.5. The van der Waals surface area contributed by atoms with Gasteiger partial charge in [0.2, 0.25) is 5.91 Å². The van der Waals surface area contributed by atoms with Crippen molar-refractivity contribution < 1.29 is 9.59 Å². The monoisotopic (exact) mass is 323 g/mol. The van der Waals surface area contributed by atoms with Crippen molar-refractivity contribution in [3.8, 4) is 0 Å². The first-order valence-electron chi connectivity index (χ1n) is 7.38. The van der Waals surface area contributed by atoms with Crippen LogP contribution in [0.1, 0.15) is 26.3 Å². The van der Waals surface area contributed by atoms with E-state index in [0.717, 1.165) is 5.56 Å². The number of rotatable bonds is 2. The van der Waals surface area contributed by atoms with Gasteiger partial charge in [-0.2, -0.15) is 0 Å². The number of hydrogen-bond acceptors (Lipinski definition) is 2. The number of nitrogens with one attached hydrogen (secondary N) is 1. The van der Waals surface area contributed by atoms with Gasteiger partial charge in [0, 0.05) is 38.1 Å². The average Bonchev–Trinajstić information content (AvgIpc) is 2.47. The highest BCUT2D eigenvalue weighted by molar-refractivity contribution is 6.30. The van der Waals surface area contributed by atoms with Crippen LogP contribution >= 0.6 is 11.6 Å². The Morgan fingerprint density at radius 3 is 2.05 bits per heavy atom. The molecule has 3 amide bonds. The number of carbonyl (C=O) groups excluding carboxylic acids is 2. The first-order chi connectivity index (χ1) is 10.3. The van der Waals surface area contributed by atoms with Gasteiger partial charge in [-0.1, -0.05) is 23.7 Å². The Balaban J connectivity index is 1.96. The molecule has 1 heterocycles. The van der Waals surface area contributed by atoms with Gasteiger partial charge in [0.1, 0.15) is 0 Å². The van der Waals surface area contributed by atoms with Crippen LogP contribution in [-0.4, -0.2) is 47.9 Å². The second-order valence-electron chi connectivity index (χ2n) is 6.06. The Morgan fingerprint density at radius 1 is 1.05 bits per heavy atom. The number of carbonyl (C=O) groups is 2. The number of benzene rings is 1. The number of nitrogens with zero attached hydrogens (tertiary/aromatic N) is 2. The second kappa shape index (κ2) is 6.57. The first-order valence-corrected chi connectivity index (χ1v) is 7.76. The molecule has 5 nitrogen and oxygen atoms in total. The summed E-state index contributed by atoms with van der Waals surface area (Å²) in [6, 6.07) is 7.35. The minimum absolute atomic E-state index is 0.0570. The van der Waals surface area contributed by atoms with Gasteiger partial charge < -0.3 is 15.1 Å². The maximum atomic E-state index is 12.4. The SMILES string of the molecule is CC(=O)N1CCN(C(=O)NC(C)(C)c2ccc(Cl)cc2)CC1. The first kappa shape index (κ1) is 16.6. The van der Waals surface area contributed by atoms with Crippen LogP contribution < -0.4 is 5.32 Å². The van der Waals surface area contributed by atoms with Gasteiger partial charge >= 0.3 is 6.03 Å². The van der Waals surface area contributed by atoms with Gasteiger partial charge in [-0.3, -0.25) is 4.79 Å². The Bertz CT molecular complexity index is 549. The Morgan fingerprint density at radius 2 is 1.55 bits per heavy atom. The number of hydrogen-bond donors (Lipinski definition) is 1. The Kier molecular flexibility index (Phi) is 4.96. The van der Waals surface area contributed by atoms with Gasteiger partial charge in [0.05, 0.1) is 5.54 Å². The minimum atomic E-state index is -0.487. The molecule has 1 saturated heterocycles. The summed E-state index contributed by atoms with van der Waals surface area (Å²) in [6.45, 7) is 7.76. The van der Waals surface area contributed by atoms with Crippen molar-refractivity contribution in [3.63, 3.8) is 0 Å². The van der Waals surface area contributed by atoms with Gasteiger partial charge in [0.15, 0.2) is 0 Å². The molecule has 1 N–H and O–H groups in total. The molecule has 0 unspecified atom stereocenters. The summed E-state index contributed by atoms with van der Waals surface area (Å²) in [7, 11) is 0. The molecule has 0 saturated carbocycles. The molecule has 120 valence electrons. The van der Waals surface area contributed by atoms with Crippen molar-refractivity contribution in [1.29, 1.82) is 0 Å². The zero-order chi connectivity index (χ0) is 16.3. The maximum Gasteiger partial charge on any atom is 0.318 e. The molecule has 1 aromatic carbocycles. The number of urea groups is 1. The maximum absolute atomic E-state index is 12.4. The summed E-state index contributed by atoms with van der Waals surface area (Å²) in [4.78, 5) is 27.2. The molecular formula is C16H22ClN3O2. The lowest BCUT2D eigenvalue weighted by molar-refractivity contribution is -0.130. The van der Waals surface area contributed by atoms with Crippen LogP contribution in [-0.2, 0) is 10.3 Å². The number of amides is 3. The van der Waals surface area contributed by atoms with E-state index >= 15 is 0 Å². The van der Waals surface area contributed by atoms with Crippen molar-refractivity contribution in [1.82, 2.24) is 15.1 Å². The smallest absolute Gasteiger partial charge is 0.318 e. The molecule has 1 aliphatic rings. The van der Waals surface area contributed by atoms with Crippen molar-refractivity contribution >= 4 is 23.5 Å². The number of halogens is 1. The third-order valence-electron chi connectivity index (χ3n) is 4.00. The molecule has 22 heavy (non-hydrogen) atoms. The Hall–Kier alpha value is -1.75. The van der Waals surface area contributed by atoms with Crippen LogP contribution in [0.5, 0.6) is 0 Å². The largest absolute Gasteiger partial charge is 0.339 e. The van der Waals surface area contributed by atoms with Crippen LogP contribution in [0.25, 0.3) is 0 Å². The van der Waals surface area contributed by atoms with Crippen LogP contribution in [0.2, 0.25) is 5.02 Å². The van der Waals surface area contributed by atoms with E-state index in [1.807, 2.05) is 38.1 Å². The summed E-state index contributed by atoms with van der Waals surface area (Å²) in [5.74, 6) is 0.0570. The fraction of sp³-hybridized carbons (Fsp3) is 0.500. The van der Waals surface area contributed by atoms with Crippen molar-refractivity contribution in [3.05, 3.63) is 34.9 Å². The summed E-state index contributed by atoms with van der Waals surface area (Å²) in [5.41, 5.74) is 0.506. The fourth-order valence-electron chi connectivity index (χ4n) is 2.51. The summed E-state index contributed by atoms with van der Waals surface area (Å²) < 4.78 is 0. The summed E-state index contributed by atoms with van der Waals surface area (Å²) >= 11 is 5.90. The van der Waals surface area contributed by atoms with E-state index in [-0.39, 0.29) is 11.9 Å². The molecular weight excluding hydrogens is 302 g/mol.